The van der Waals surface area contributed by atoms with Gasteiger partial charge in [0.1, 0.15) is 16.1 Å². The highest BCUT2D eigenvalue weighted by Gasteiger charge is 2.31. The molecule has 1 fully saturated rings. The predicted octanol–water partition coefficient (Wildman–Crippen LogP) is 4.53. The zero-order chi connectivity index (χ0) is 20.9. The van der Waals surface area contributed by atoms with Crippen LogP contribution in [0.25, 0.3) is 10.6 Å². The number of aromatic nitrogens is 2. The smallest absolute Gasteiger partial charge is 0.247 e. The third kappa shape index (κ3) is 4.94. The lowest BCUT2D eigenvalue weighted by Crippen LogP contribution is -2.50. The third-order valence-electron chi connectivity index (χ3n) is 5.19. The summed E-state index contributed by atoms with van der Waals surface area (Å²) >= 11 is 3.18. The summed E-state index contributed by atoms with van der Waals surface area (Å²) in [5.74, 6) is -0.0638. The maximum atomic E-state index is 13.0. The van der Waals surface area contributed by atoms with E-state index < -0.39 is 6.04 Å². The molecule has 1 saturated heterocycles. The molecule has 1 aromatic carbocycles. The number of carbonyl (C=O) groups is 2. The van der Waals surface area contributed by atoms with Gasteiger partial charge in [0.2, 0.25) is 11.8 Å². The van der Waals surface area contributed by atoms with Gasteiger partial charge in [-0.1, -0.05) is 29.5 Å². The molecular weight excluding hydrogens is 416 g/mol. The van der Waals surface area contributed by atoms with Gasteiger partial charge in [0, 0.05) is 29.1 Å². The molecule has 1 aliphatic rings. The number of piperidine rings is 1. The van der Waals surface area contributed by atoms with E-state index in [-0.39, 0.29) is 11.8 Å². The van der Waals surface area contributed by atoms with Gasteiger partial charge in [-0.3, -0.25) is 9.59 Å². The van der Waals surface area contributed by atoms with Crippen LogP contribution in [0, 0.1) is 6.92 Å². The topological polar surface area (TPSA) is 75.2 Å². The van der Waals surface area contributed by atoms with Gasteiger partial charge in [0.05, 0.1) is 0 Å². The van der Waals surface area contributed by atoms with E-state index in [1.165, 1.54) is 16.2 Å². The lowest BCUT2D eigenvalue weighted by Gasteiger charge is -2.34. The molecule has 0 spiro atoms. The quantitative estimate of drug-likeness (QED) is 0.611. The SMILES string of the molecule is Cc1nnc(-c2cccc(NC(=O)[C@@H]3CCCCN3C(=O)CCc3cccs3)c2)s1. The maximum absolute atomic E-state index is 13.0. The average molecular weight is 441 g/mol. The van der Waals surface area contributed by atoms with Crippen LogP contribution in [0.4, 0.5) is 5.69 Å². The summed E-state index contributed by atoms with van der Waals surface area (Å²) < 4.78 is 0. The van der Waals surface area contributed by atoms with Crippen LogP contribution in [-0.4, -0.2) is 39.5 Å². The summed E-state index contributed by atoms with van der Waals surface area (Å²) in [6, 6.07) is 11.2. The van der Waals surface area contributed by atoms with E-state index in [9.17, 15) is 9.59 Å². The normalized spacial score (nSPS) is 16.4. The number of likely N-dealkylation sites (tertiary alicyclic amines) is 1. The second-order valence-corrected chi connectivity index (χ2v) is 9.59. The van der Waals surface area contributed by atoms with Crippen LogP contribution in [-0.2, 0) is 16.0 Å². The number of aryl methyl sites for hydroxylation is 2. The Hall–Kier alpha value is -2.58. The van der Waals surface area contributed by atoms with Crippen molar-refractivity contribution < 1.29 is 9.59 Å². The molecule has 8 heteroatoms. The third-order valence-corrected chi connectivity index (χ3v) is 7.02. The fraction of sp³-hybridized carbons (Fsp3) is 0.364. The minimum atomic E-state index is -0.415. The number of benzene rings is 1. The molecule has 4 rings (SSSR count). The number of amides is 2. The van der Waals surface area contributed by atoms with Gasteiger partial charge >= 0.3 is 0 Å². The van der Waals surface area contributed by atoms with Crippen molar-refractivity contribution in [3.63, 3.8) is 0 Å². The number of hydrogen-bond donors (Lipinski definition) is 1. The maximum Gasteiger partial charge on any atom is 0.247 e. The standard InChI is InChI=1S/C22H24N4O2S2/c1-15-24-25-22(30-15)16-6-4-7-17(14-16)23-21(28)19-9-2-3-12-26(19)20(27)11-10-18-8-5-13-29-18/h4-8,13-14,19H,2-3,9-12H2,1H3,(H,23,28)/t19-/m0/s1. The van der Waals surface area contributed by atoms with Crippen LogP contribution in [0.5, 0.6) is 0 Å². The van der Waals surface area contributed by atoms with Crippen molar-refractivity contribution in [3.05, 3.63) is 51.7 Å². The predicted molar refractivity (Wildman–Crippen MR) is 121 cm³/mol. The zero-order valence-corrected chi connectivity index (χ0v) is 18.5. The number of carbonyl (C=O) groups excluding carboxylic acids is 2. The van der Waals surface area contributed by atoms with Gasteiger partial charge < -0.3 is 10.2 Å². The molecular formula is C22H24N4O2S2. The molecule has 0 radical (unpaired) electrons. The molecule has 6 nitrogen and oxygen atoms in total. The molecule has 30 heavy (non-hydrogen) atoms. The lowest BCUT2D eigenvalue weighted by molar-refractivity contribution is -0.140. The number of rotatable bonds is 6. The minimum Gasteiger partial charge on any atom is -0.331 e. The fourth-order valence-electron chi connectivity index (χ4n) is 3.70. The Labute approximate surface area is 184 Å². The van der Waals surface area contributed by atoms with Crippen LogP contribution in [0.2, 0.25) is 0 Å². The van der Waals surface area contributed by atoms with Crippen molar-refractivity contribution in [2.75, 3.05) is 11.9 Å². The largest absolute Gasteiger partial charge is 0.331 e. The Bertz CT molecular complexity index is 1020. The van der Waals surface area contributed by atoms with Gasteiger partial charge in [-0.25, -0.2) is 0 Å². The second-order valence-electron chi connectivity index (χ2n) is 7.37. The van der Waals surface area contributed by atoms with E-state index in [0.29, 0.717) is 25.1 Å². The minimum absolute atomic E-state index is 0.0568. The summed E-state index contributed by atoms with van der Waals surface area (Å²) in [6.45, 7) is 2.56. The number of hydrogen-bond acceptors (Lipinski definition) is 6. The average Bonchev–Trinajstić information content (AvgIpc) is 3.44. The molecule has 3 aromatic rings. The molecule has 3 heterocycles. The van der Waals surface area contributed by atoms with E-state index in [0.717, 1.165) is 34.8 Å². The summed E-state index contributed by atoms with van der Waals surface area (Å²) in [5.41, 5.74) is 1.63. The molecule has 156 valence electrons. The molecule has 1 aliphatic heterocycles. The van der Waals surface area contributed by atoms with Crippen molar-refractivity contribution in [3.8, 4) is 10.6 Å². The highest BCUT2D eigenvalue weighted by atomic mass is 32.1. The first kappa shape index (κ1) is 20.7. The van der Waals surface area contributed by atoms with Crippen LogP contribution in [0.15, 0.2) is 41.8 Å². The van der Waals surface area contributed by atoms with E-state index >= 15 is 0 Å². The van der Waals surface area contributed by atoms with Crippen molar-refractivity contribution in [2.45, 2.75) is 45.1 Å². The molecule has 2 amide bonds. The molecule has 2 aromatic heterocycles. The summed E-state index contributed by atoms with van der Waals surface area (Å²) in [6.07, 6.45) is 3.77. The highest BCUT2D eigenvalue weighted by molar-refractivity contribution is 7.14. The second kappa shape index (κ2) is 9.49. The highest BCUT2D eigenvalue weighted by Crippen LogP contribution is 2.26. The summed E-state index contributed by atoms with van der Waals surface area (Å²) in [4.78, 5) is 28.8. The van der Waals surface area contributed by atoms with Crippen molar-refractivity contribution >= 4 is 40.2 Å². The molecule has 1 N–H and O–H groups in total. The number of anilines is 1. The van der Waals surface area contributed by atoms with Crippen LogP contribution in [0.3, 0.4) is 0 Å². The van der Waals surface area contributed by atoms with E-state index in [1.54, 1.807) is 16.2 Å². The fourth-order valence-corrected chi connectivity index (χ4v) is 5.10. The Balaban J connectivity index is 1.42. The van der Waals surface area contributed by atoms with Crippen molar-refractivity contribution in [1.29, 1.82) is 0 Å². The van der Waals surface area contributed by atoms with Gasteiger partial charge in [-0.15, -0.1) is 21.5 Å². The first-order chi connectivity index (χ1) is 14.6. The first-order valence-electron chi connectivity index (χ1n) is 10.1. The van der Waals surface area contributed by atoms with Crippen LogP contribution in [0.1, 0.15) is 35.6 Å². The Morgan fingerprint density at radius 2 is 2.10 bits per heavy atom. The monoisotopic (exact) mass is 440 g/mol. The zero-order valence-electron chi connectivity index (χ0n) is 16.8. The van der Waals surface area contributed by atoms with E-state index in [1.807, 2.05) is 48.7 Å². The summed E-state index contributed by atoms with van der Waals surface area (Å²) in [5, 5.41) is 15.0. The van der Waals surface area contributed by atoms with Gasteiger partial charge in [0.25, 0.3) is 0 Å². The molecule has 0 unspecified atom stereocenters. The summed E-state index contributed by atoms with van der Waals surface area (Å²) in [7, 11) is 0. The lowest BCUT2D eigenvalue weighted by atomic mass is 10.00. The van der Waals surface area contributed by atoms with E-state index in [4.69, 9.17) is 0 Å². The number of nitrogens with one attached hydrogen (secondary N) is 1. The first-order valence-corrected chi connectivity index (χ1v) is 11.8. The number of nitrogens with zero attached hydrogens (tertiary/aromatic N) is 3. The van der Waals surface area contributed by atoms with Crippen LogP contribution < -0.4 is 5.32 Å². The Kier molecular flexibility index (Phi) is 6.54. The molecule has 0 aliphatic carbocycles. The van der Waals surface area contributed by atoms with Crippen LogP contribution >= 0.6 is 22.7 Å². The Morgan fingerprint density at radius 3 is 2.87 bits per heavy atom. The van der Waals surface area contributed by atoms with Gasteiger partial charge in [-0.2, -0.15) is 0 Å². The van der Waals surface area contributed by atoms with E-state index in [2.05, 4.69) is 15.5 Å². The Morgan fingerprint density at radius 1 is 1.20 bits per heavy atom. The molecule has 0 bridgehead atoms. The molecule has 0 saturated carbocycles. The number of thiophene rings is 1. The van der Waals surface area contributed by atoms with Crippen molar-refractivity contribution in [1.82, 2.24) is 15.1 Å². The van der Waals surface area contributed by atoms with Gasteiger partial charge in [-0.05, 0) is 56.2 Å². The van der Waals surface area contributed by atoms with Gasteiger partial charge in [0.15, 0.2) is 0 Å². The molecule has 1 atom stereocenters. The van der Waals surface area contributed by atoms with Crippen molar-refractivity contribution in [2.24, 2.45) is 0 Å².